The summed E-state index contributed by atoms with van der Waals surface area (Å²) in [6, 6.07) is 0.882. The van der Waals surface area contributed by atoms with Crippen LogP contribution in [0.1, 0.15) is 61.6 Å². The fourth-order valence-corrected chi connectivity index (χ4v) is 8.61. The summed E-state index contributed by atoms with van der Waals surface area (Å²) >= 11 is 7.68. The van der Waals surface area contributed by atoms with Crippen molar-refractivity contribution in [2.24, 2.45) is 0 Å². The Morgan fingerprint density at radius 2 is 1.62 bits per heavy atom. The number of thiophene rings is 1. The first kappa shape index (κ1) is 34.6. The number of piperidine rings is 3. The van der Waals surface area contributed by atoms with Crippen LogP contribution in [-0.2, 0) is 23.8 Å². The zero-order valence-corrected chi connectivity index (χ0v) is 28.4. The van der Waals surface area contributed by atoms with E-state index < -0.39 is 29.5 Å². The molecule has 6 rings (SSSR count). The molecule has 3 fully saturated rings. The molecule has 4 aliphatic rings. The number of nitrogens with one attached hydrogen (secondary N) is 2. The zero-order valence-electron chi connectivity index (χ0n) is 26.9. The molecule has 0 radical (unpaired) electrons. The van der Waals surface area contributed by atoms with E-state index in [9.17, 15) is 27.6 Å². The Labute approximate surface area is 287 Å². The van der Waals surface area contributed by atoms with Crippen molar-refractivity contribution in [3.63, 3.8) is 0 Å². The van der Waals surface area contributed by atoms with Gasteiger partial charge in [-0.2, -0.15) is 13.2 Å². The van der Waals surface area contributed by atoms with E-state index in [1.165, 1.54) is 25.3 Å². The number of carbonyl (C=O) groups is 3. The first-order valence-electron chi connectivity index (χ1n) is 16.8. The highest BCUT2D eigenvalue weighted by Crippen LogP contribution is 2.38. The van der Waals surface area contributed by atoms with Crippen LogP contribution in [0.25, 0.3) is 0 Å². The lowest BCUT2D eigenvalue weighted by atomic mass is 9.97. The highest BCUT2D eigenvalue weighted by atomic mass is 35.5. The Kier molecular flexibility index (Phi) is 10.6. The average Bonchev–Trinajstić information content (AvgIpc) is 3.45. The van der Waals surface area contributed by atoms with E-state index in [0.717, 1.165) is 49.7 Å². The number of fused-ring (bicyclic) bond motifs is 1. The molecular weight excluding hydrogens is 667 g/mol. The standard InChI is InChI=1S/C33H43ClF3N7O3S/c34-26-17-21(16-25(29(26)38)33(35,36)37)18-27(30(45)42-11-5-23(6-12-42)41-9-2-1-3-10-41)39-31(46)43-13-7-24(8-14-43)44-15-4-22-19-48-20-28(22)40-32(44)47/h16-17,19-20,23-24,27H,1-15,18,38H2,(H,39,46)(H,40,47)/t27-/m1/s1. The van der Waals surface area contributed by atoms with Crippen LogP contribution in [0.5, 0.6) is 0 Å². The number of hydrogen-bond acceptors (Lipinski definition) is 6. The zero-order chi connectivity index (χ0) is 34.0. The number of halogens is 4. The molecule has 1 aromatic heterocycles. The molecule has 1 aromatic carbocycles. The smallest absolute Gasteiger partial charge is 0.397 e. The fraction of sp³-hybridized carbons (Fsp3) is 0.606. The van der Waals surface area contributed by atoms with Crippen LogP contribution in [0.15, 0.2) is 22.9 Å². The van der Waals surface area contributed by atoms with Gasteiger partial charge in [-0.05, 0) is 86.7 Å². The van der Waals surface area contributed by atoms with Gasteiger partial charge in [0, 0.05) is 56.6 Å². The molecule has 5 heterocycles. The molecule has 2 aromatic rings. The third kappa shape index (κ3) is 7.81. The highest BCUT2D eigenvalue weighted by molar-refractivity contribution is 7.08. The topological polar surface area (TPSA) is 114 Å². The van der Waals surface area contributed by atoms with Gasteiger partial charge in [0.15, 0.2) is 0 Å². The number of urea groups is 2. The van der Waals surface area contributed by atoms with Crippen molar-refractivity contribution in [3.8, 4) is 0 Å². The normalized spacial score (nSPS) is 21.0. The number of nitrogen functional groups attached to an aromatic ring is 1. The van der Waals surface area contributed by atoms with Crippen LogP contribution in [0, 0.1) is 0 Å². The minimum absolute atomic E-state index is 0.0435. The molecular formula is C33H43ClF3N7O3S. The van der Waals surface area contributed by atoms with Crippen LogP contribution in [0.4, 0.5) is 34.1 Å². The van der Waals surface area contributed by atoms with Gasteiger partial charge in [0.05, 0.1) is 22.0 Å². The number of amides is 5. The number of benzene rings is 1. The largest absolute Gasteiger partial charge is 0.418 e. The highest BCUT2D eigenvalue weighted by Gasteiger charge is 2.37. The molecule has 0 aliphatic carbocycles. The lowest BCUT2D eigenvalue weighted by molar-refractivity contribution is -0.137. The van der Waals surface area contributed by atoms with Crippen LogP contribution in [0.3, 0.4) is 0 Å². The van der Waals surface area contributed by atoms with Crippen LogP contribution >= 0.6 is 22.9 Å². The van der Waals surface area contributed by atoms with Gasteiger partial charge in [0.2, 0.25) is 5.91 Å². The molecule has 0 spiro atoms. The van der Waals surface area contributed by atoms with Crippen molar-refractivity contribution in [1.29, 1.82) is 0 Å². The summed E-state index contributed by atoms with van der Waals surface area (Å²) in [5, 5.41) is 9.57. The number of nitrogens with zero attached hydrogens (tertiary/aromatic N) is 4. The molecule has 48 heavy (non-hydrogen) atoms. The molecule has 0 saturated carbocycles. The quantitative estimate of drug-likeness (QED) is 0.336. The predicted octanol–water partition coefficient (Wildman–Crippen LogP) is 5.65. The fourth-order valence-electron chi connectivity index (χ4n) is 7.54. The maximum atomic E-state index is 14.0. The van der Waals surface area contributed by atoms with Crippen molar-refractivity contribution in [2.45, 2.75) is 82.1 Å². The number of alkyl halides is 3. The summed E-state index contributed by atoms with van der Waals surface area (Å²) in [5.41, 5.74) is 6.14. The first-order chi connectivity index (χ1) is 23.0. The Bertz CT molecular complexity index is 1490. The van der Waals surface area contributed by atoms with Gasteiger partial charge in [-0.3, -0.25) is 4.79 Å². The maximum absolute atomic E-state index is 14.0. The SMILES string of the molecule is Nc1c(Cl)cc(C[C@@H](NC(=O)N2CCC(N3CCc4cscc4NC3=O)CC2)C(=O)N2CCC(N3CCCCC3)CC2)cc1C(F)(F)F. The third-order valence-corrected chi connectivity index (χ3v) is 11.4. The molecule has 10 nitrogen and oxygen atoms in total. The van der Waals surface area contributed by atoms with Crippen molar-refractivity contribution < 1.29 is 27.6 Å². The number of hydrogen-bond donors (Lipinski definition) is 3. The second-order valence-corrected chi connectivity index (χ2v) is 14.4. The Balaban J connectivity index is 1.12. The molecule has 0 unspecified atom stereocenters. The molecule has 4 N–H and O–H groups in total. The summed E-state index contributed by atoms with van der Waals surface area (Å²) in [7, 11) is 0. The molecule has 262 valence electrons. The summed E-state index contributed by atoms with van der Waals surface area (Å²) in [4.78, 5) is 48.2. The van der Waals surface area contributed by atoms with E-state index in [-0.39, 0.29) is 35.0 Å². The molecule has 4 aliphatic heterocycles. The van der Waals surface area contributed by atoms with Crippen molar-refractivity contribution in [3.05, 3.63) is 44.6 Å². The summed E-state index contributed by atoms with van der Waals surface area (Å²) in [5.74, 6) is -0.328. The van der Waals surface area contributed by atoms with Gasteiger partial charge in [0.25, 0.3) is 0 Å². The number of nitrogens with two attached hydrogens (primary N) is 1. The number of carbonyl (C=O) groups excluding carboxylic acids is 3. The summed E-state index contributed by atoms with van der Waals surface area (Å²) in [6.07, 6.45) is 2.19. The Hall–Kier alpha value is -3.23. The van der Waals surface area contributed by atoms with Gasteiger partial charge < -0.3 is 36.0 Å². The van der Waals surface area contributed by atoms with Crippen LogP contribution in [-0.4, -0.2) is 102 Å². The van der Waals surface area contributed by atoms with Gasteiger partial charge in [-0.15, -0.1) is 11.3 Å². The third-order valence-electron chi connectivity index (χ3n) is 10.3. The van der Waals surface area contributed by atoms with Crippen molar-refractivity contribution >= 4 is 52.3 Å². The monoisotopic (exact) mass is 709 g/mol. The summed E-state index contributed by atoms with van der Waals surface area (Å²) in [6.45, 7) is 4.47. The number of anilines is 2. The van der Waals surface area contributed by atoms with E-state index in [1.807, 2.05) is 15.7 Å². The molecule has 3 saturated heterocycles. The lowest BCUT2D eigenvalue weighted by Gasteiger charge is -2.41. The van der Waals surface area contributed by atoms with E-state index in [2.05, 4.69) is 15.5 Å². The maximum Gasteiger partial charge on any atom is 0.418 e. The first-order valence-corrected chi connectivity index (χ1v) is 18.2. The van der Waals surface area contributed by atoms with Crippen LogP contribution in [0.2, 0.25) is 5.02 Å². The molecule has 1 atom stereocenters. The average molecular weight is 710 g/mol. The second-order valence-electron chi connectivity index (χ2n) is 13.3. The van der Waals surface area contributed by atoms with Gasteiger partial charge in [0.1, 0.15) is 6.04 Å². The molecule has 15 heteroatoms. The number of likely N-dealkylation sites (tertiary alicyclic amines) is 3. The predicted molar refractivity (Wildman–Crippen MR) is 180 cm³/mol. The Morgan fingerprint density at radius 1 is 0.958 bits per heavy atom. The molecule has 0 bridgehead atoms. The number of rotatable bonds is 6. The second kappa shape index (κ2) is 14.7. The minimum Gasteiger partial charge on any atom is -0.397 e. The lowest BCUT2D eigenvalue weighted by Crippen LogP contribution is -2.57. The van der Waals surface area contributed by atoms with Crippen molar-refractivity contribution in [2.75, 3.05) is 56.9 Å². The van der Waals surface area contributed by atoms with Gasteiger partial charge in [-0.25, -0.2) is 9.59 Å². The van der Waals surface area contributed by atoms with E-state index >= 15 is 0 Å². The van der Waals surface area contributed by atoms with E-state index in [4.69, 9.17) is 17.3 Å². The minimum atomic E-state index is -4.73. The van der Waals surface area contributed by atoms with E-state index in [1.54, 1.807) is 21.1 Å². The van der Waals surface area contributed by atoms with Gasteiger partial charge in [-0.1, -0.05) is 18.0 Å². The Morgan fingerprint density at radius 3 is 2.31 bits per heavy atom. The van der Waals surface area contributed by atoms with Crippen molar-refractivity contribution in [1.82, 2.24) is 24.9 Å². The molecule has 5 amide bonds. The summed E-state index contributed by atoms with van der Waals surface area (Å²) < 4.78 is 41.3. The van der Waals surface area contributed by atoms with E-state index in [0.29, 0.717) is 51.6 Å². The van der Waals surface area contributed by atoms with Crippen LogP contribution < -0.4 is 16.4 Å². The van der Waals surface area contributed by atoms with Gasteiger partial charge >= 0.3 is 18.2 Å².